The van der Waals surface area contributed by atoms with Crippen LogP contribution in [0.15, 0.2) is 24.5 Å². The van der Waals surface area contributed by atoms with E-state index in [4.69, 9.17) is 18.9 Å². The lowest BCUT2D eigenvalue weighted by Crippen LogP contribution is -2.59. The number of likely N-dealkylation sites (N-methyl/N-ethyl adjacent to an activating group) is 1. The number of aliphatic hydroxyl groups excluding tert-OH is 1. The fourth-order valence-electron chi connectivity index (χ4n) is 7.12. The summed E-state index contributed by atoms with van der Waals surface area (Å²) in [6, 6.07) is 3.81. The number of ketones is 1. The minimum atomic E-state index is -1.43. The van der Waals surface area contributed by atoms with Gasteiger partial charge in [-0.25, -0.2) is 0 Å². The van der Waals surface area contributed by atoms with Crippen molar-refractivity contribution in [2.45, 2.75) is 104 Å². The number of ether oxygens (including phenoxy) is 4. The number of nitrogens with zero attached hydrogens (tertiary/aromatic N) is 4. The molecule has 46 heavy (non-hydrogen) atoms. The van der Waals surface area contributed by atoms with Crippen LogP contribution in [-0.4, -0.2) is 134 Å². The van der Waals surface area contributed by atoms with E-state index in [1.165, 1.54) is 0 Å². The molecule has 0 bridgehead atoms. The fourth-order valence-corrected chi connectivity index (χ4v) is 7.12. The number of cyclic esters (lactones) is 1. The minimum absolute atomic E-state index is 0.159. The zero-order chi connectivity index (χ0) is 34.2. The van der Waals surface area contributed by atoms with Crippen LogP contribution in [0.5, 0.6) is 0 Å². The van der Waals surface area contributed by atoms with Crippen molar-refractivity contribution in [3.63, 3.8) is 0 Å². The highest BCUT2D eigenvalue weighted by Gasteiger charge is 2.51. The van der Waals surface area contributed by atoms with Crippen LogP contribution in [0.4, 0.5) is 0 Å². The highest BCUT2D eigenvalue weighted by Crippen LogP contribution is 2.38. The van der Waals surface area contributed by atoms with Gasteiger partial charge in [-0.15, -0.1) is 0 Å². The number of aromatic nitrogens is 1. The number of carbonyl (C=O) groups excluding carboxylic acids is 2. The molecule has 3 heterocycles. The number of methoxy groups -OCH3 is 1. The average Bonchev–Trinajstić information content (AvgIpc) is 2.99. The van der Waals surface area contributed by atoms with Crippen molar-refractivity contribution in [3.8, 4) is 0 Å². The van der Waals surface area contributed by atoms with E-state index >= 15 is 0 Å². The van der Waals surface area contributed by atoms with Gasteiger partial charge in [-0.1, -0.05) is 13.8 Å². The molecule has 2 saturated heterocycles. The van der Waals surface area contributed by atoms with Crippen LogP contribution < -0.4 is 0 Å². The summed E-state index contributed by atoms with van der Waals surface area (Å²) in [6.45, 7) is 15.1. The molecule has 11 heteroatoms. The van der Waals surface area contributed by atoms with E-state index in [1.54, 1.807) is 40.3 Å². The van der Waals surface area contributed by atoms with E-state index in [1.807, 2.05) is 45.0 Å². The van der Waals surface area contributed by atoms with Gasteiger partial charge < -0.3 is 33.9 Å². The molecule has 0 amide bonds. The molecular formula is C35H60N4O7. The van der Waals surface area contributed by atoms with Gasteiger partial charge in [0.05, 0.1) is 17.8 Å². The van der Waals surface area contributed by atoms with Crippen LogP contribution in [0, 0.1) is 17.3 Å². The Hall–Kier alpha value is -1.99. The standard InChI is InChI=1S/C35H60N4O7/c1-24-21-35(6,43-10)31(46-32-29(40)28(37(7)8)20-25(2)45-32)26(3)30(41)34(4,5)33(42)44-19-18-39(17-11-16-38(9)22-24)23-27-12-14-36-15-13-27/h12-15,24-26,28-29,31-32,40H,11,16-23H2,1-10H3/t24-,25-,26+,28+,29-,31-,32+,35-/m1/s1. The maximum absolute atomic E-state index is 14.3. The maximum Gasteiger partial charge on any atom is 0.319 e. The summed E-state index contributed by atoms with van der Waals surface area (Å²) in [5.41, 5.74) is -1.22. The molecule has 0 spiro atoms. The first-order valence-electron chi connectivity index (χ1n) is 16.8. The second-order valence-corrected chi connectivity index (χ2v) is 14.6. The molecule has 2 aliphatic rings. The summed E-state index contributed by atoms with van der Waals surface area (Å²) in [6.07, 6.45) is 2.87. The molecule has 1 aromatic rings. The summed E-state index contributed by atoms with van der Waals surface area (Å²) in [5, 5.41) is 11.3. The minimum Gasteiger partial charge on any atom is -0.464 e. The zero-order valence-electron chi connectivity index (χ0n) is 29.9. The highest BCUT2D eigenvalue weighted by atomic mass is 16.7. The van der Waals surface area contributed by atoms with Gasteiger partial charge in [-0.2, -0.15) is 0 Å². The van der Waals surface area contributed by atoms with Crippen LogP contribution in [0.1, 0.15) is 66.4 Å². The highest BCUT2D eigenvalue weighted by molar-refractivity contribution is 6.04. The Labute approximate surface area is 276 Å². The topological polar surface area (TPSA) is 114 Å². The number of Topliss-reactive ketones (excluding diaryl/α,β-unsaturated/α-hetero) is 1. The predicted octanol–water partition coefficient (Wildman–Crippen LogP) is 3.24. The molecular weight excluding hydrogens is 588 g/mol. The predicted molar refractivity (Wildman–Crippen MR) is 177 cm³/mol. The first-order chi connectivity index (χ1) is 21.6. The lowest BCUT2D eigenvalue weighted by atomic mass is 9.74. The first kappa shape index (κ1) is 38.5. The van der Waals surface area contributed by atoms with Crippen LogP contribution in [0.3, 0.4) is 0 Å². The lowest BCUT2D eigenvalue weighted by Gasteiger charge is -2.47. The fraction of sp³-hybridized carbons (Fsp3) is 0.800. The molecule has 0 aliphatic carbocycles. The van der Waals surface area contributed by atoms with Gasteiger partial charge in [0.1, 0.15) is 18.1 Å². The Kier molecular flexibility index (Phi) is 14.1. The van der Waals surface area contributed by atoms with Crippen molar-refractivity contribution in [1.29, 1.82) is 0 Å². The van der Waals surface area contributed by atoms with E-state index in [0.29, 0.717) is 25.9 Å². The average molecular weight is 649 g/mol. The number of aliphatic hydroxyl groups is 1. The third-order valence-corrected chi connectivity index (χ3v) is 9.81. The molecule has 262 valence electrons. The number of esters is 1. The monoisotopic (exact) mass is 648 g/mol. The SMILES string of the molecule is CO[C@]1(C)C[C@@H](C)CN(C)CCCN(Cc2ccncc2)CCOC(=O)C(C)(C)C(=O)[C@H](C)[C@H]1O[C@@H]1O[C@H](C)C[C@H](N(C)C)[C@H]1O. The van der Waals surface area contributed by atoms with Crippen LogP contribution >= 0.6 is 0 Å². The van der Waals surface area contributed by atoms with Gasteiger partial charge in [0, 0.05) is 51.1 Å². The Morgan fingerprint density at radius 2 is 1.76 bits per heavy atom. The summed E-state index contributed by atoms with van der Waals surface area (Å²) >= 11 is 0. The third kappa shape index (κ3) is 10.0. The van der Waals surface area contributed by atoms with Crippen molar-refractivity contribution in [2.24, 2.45) is 17.3 Å². The van der Waals surface area contributed by atoms with Gasteiger partial charge >= 0.3 is 5.97 Å². The van der Waals surface area contributed by atoms with E-state index in [0.717, 1.165) is 31.6 Å². The summed E-state index contributed by atoms with van der Waals surface area (Å²) in [5.74, 6) is -1.47. The van der Waals surface area contributed by atoms with Crippen LogP contribution in [-0.2, 0) is 35.1 Å². The quantitative estimate of drug-likeness (QED) is 0.362. The number of rotatable bonds is 6. The molecule has 2 aliphatic heterocycles. The van der Waals surface area contributed by atoms with Gasteiger partial charge in [-0.05, 0) is 105 Å². The molecule has 1 N–H and O–H groups in total. The van der Waals surface area contributed by atoms with Crippen molar-refractivity contribution in [1.82, 2.24) is 19.7 Å². The number of pyridine rings is 1. The van der Waals surface area contributed by atoms with Crippen molar-refractivity contribution in [2.75, 3.05) is 61.0 Å². The third-order valence-electron chi connectivity index (χ3n) is 9.81. The summed E-state index contributed by atoms with van der Waals surface area (Å²) in [4.78, 5) is 38.5. The van der Waals surface area contributed by atoms with E-state index < -0.39 is 41.4 Å². The number of hydrogen-bond acceptors (Lipinski definition) is 11. The first-order valence-corrected chi connectivity index (χ1v) is 16.8. The molecule has 11 nitrogen and oxygen atoms in total. The Morgan fingerprint density at radius 1 is 1.09 bits per heavy atom. The molecule has 0 radical (unpaired) electrons. The normalized spacial score (nSPS) is 35.1. The second kappa shape index (κ2) is 16.9. The molecule has 8 atom stereocenters. The Bertz CT molecular complexity index is 1110. The van der Waals surface area contributed by atoms with Crippen molar-refractivity contribution < 1.29 is 33.6 Å². The lowest BCUT2D eigenvalue weighted by molar-refractivity contribution is -0.295. The number of carbonyl (C=O) groups is 2. The van der Waals surface area contributed by atoms with E-state index in [9.17, 15) is 14.7 Å². The van der Waals surface area contributed by atoms with E-state index in [2.05, 4.69) is 28.8 Å². The molecule has 3 rings (SSSR count). The maximum atomic E-state index is 14.3. The van der Waals surface area contributed by atoms with Crippen molar-refractivity contribution >= 4 is 11.8 Å². The molecule has 0 aromatic carbocycles. The molecule has 0 saturated carbocycles. The van der Waals surface area contributed by atoms with Gasteiger partial charge in [-0.3, -0.25) is 19.5 Å². The van der Waals surface area contributed by atoms with Gasteiger partial charge in [0.2, 0.25) is 0 Å². The molecule has 2 fully saturated rings. The van der Waals surface area contributed by atoms with Gasteiger partial charge in [0.25, 0.3) is 0 Å². The smallest absolute Gasteiger partial charge is 0.319 e. The van der Waals surface area contributed by atoms with E-state index in [-0.39, 0.29) is 30.5 Å². The summed E-state index contributed by atoms with van der Waals surface area (Å²) in [7, 11) is 7.61. The Morgan fingerprint density at radius 3 is 2.39 bits per heavy atom. The number of hydrogen-bond donors (Lipinski definition) is 1. The van der Waals surface area contributed by atoms with Crippen LogP contribution in [0.25, 0.3) is 0 Å². The second-order valence-electron chi connectivity index (χ2n) is 14.6. The Balaban J connectivity index is 1.92. The van der Waals surface area contributed by atoms with Crippen LogP contribution in [0.2, 0.25) is 0 Å². The van der Waals surface area contributed by atoms with Gasteiger partial charge in [0.15, 0.2) is 12.1 Å². The summed E-state index contributed by atoms with van der Waals surface area (Å²) < 4.78 is 24.8. The molecule has 0 unspecified atom stereocenters. The zero-order valence-corrected chi connectivity index (χ0v) is 29.9. The largest absolute Gasteiger partial charge is 0.464 e. The van der Waals surface area contributed by atoms with Crippen molar-refractivity contribution in [3.05, 3.63) is 30.1 Å². The molecule has 1 aromatic heterocycles.